The molecule has 0 aliphatic heterocycles. The number of nitrogens with one attached hydrogen (secondary N) is 1. The van der Waals surface area contributed by atoms with Crippen LogP contribution in [0, 0.1) is 23.7 Å². The zero-order chi connectivity index (χ0) is 11.3. The van der Waals surface area contributed by atoms with Gasteiger partial charge in [-0.2, -0.15) is 0 Å². The largest absolute Gasteiger partial charge is 0.271 e. The predicted molar refractivity (Wildman–Crippen MR) is 64.9 cm³/mol. The maximum Gasteiger partial charge on any atom is 0.0247 e. The van der Waals surface area contributed by atoms with Crippen LogP contribution in [0.5, 0.6) is 0 Å². The van der Waals surface area contributed by atoms with Crippen LogP contribution in [0.3, 0.4) is 0 Å². The highest BCUT2D eigenvalue weighted by molar-refractivity contribution is 4.89. The van der Waals surface area contributed by atoms with Crippen LogP contribution in [0.4, 0.5) is 0 Å². The van der Waals surface area contributed by atoms with Gasteiger partial charge in [0.25, 0.3) is 0 Å². The third kappa shape index (κ3) is 3.85. The molecule has 3 N–H and O–H groups in total. The van der Waals surface area contributed by atoms with Crippen molar-refractivity contribution in [3.8, 4) is 12.3 Å². The molecule has 2 nitrogen and oxygen atoms in total. The van der Waals surface area contributed by atoms with Gasteiger partial charge in [0, 0.05) is 12.5 Å². The van der Waals surface area contributed by atoms with Crippen molar-refractivity contribution in [2.75, 3.05) is 0 Å². The standard InChI is InChI=1S/C13H24N2/c1-4-5-6-12(15-14)11-7-9-13(2,3)10-8-11/h1,11-12,15H,5-10,14H2,2-3H3. The Morgan fingerprint density at radius 3 is 2.53 bits per heavy atom. The molecule has 0 spiro atoms. The zero-order valence-electron chi connectivity index (χ0n) is 10.1. The minimum Gasteiger partial charge on any atom is -0.271 e. The Hall–Kier alpha value is -0.520. The van der Waals surface area contributed by atoms with E-state index in [-0.39, 0.29) is 0 Å². The molecule has 1 aliphatic rings. The van der Waals surface area contributed by atoms with Gasteiger partial charge in [0.05, 0.1) is 0 Å². The van der Waals surface area contributed by atoms with Crippen LogP contribution in [-0.4, -0.2) is 6.04 Å². The Morgan fingerprint density at radius 1 is 1.47 bits per heavy atom. The van der Waals surface area contributed by atoms with Crippen LogP contribution in [0.1, 0.15) is 52.4 Å². The molecule has 0 radical (unpaired) electrons. The van der Waals surface area contributed by atoms with Crippen molar-refractivity contribution >= 4 is 0 Å². The highest BCUT2D eigenvalue weighted by atomic mass is 15.2. The molecule has 1 saturated carbocycles. The van der Waals surface area contributed by atoms with Gasteiger partial charge in [0.15, 0.2) is 0 Å². The van der Waals surface area contributed by atoms with E-state index in [1.807, 2.05) is 0 Å². The van der Waals surface area contributed by atoms with Crippen molar-refractivity contribution in [1.82, 2.24) is 5.43 Å². The van der Waals surface area contributed by atoms with Crippen LogP contribution in [0.2, 0.25) is 0 Å². The topological polar surface area (TPSA) is 38.0 Å². The first-order chi connectivity index (χ1) is 7.09. The van der Waals surface area contributed by atoms with Crippen molar-refractivity contribution < 1.29 is 0 Å². The second-order valence-corrected chi connectivity index (χ2v) is 5.52. The van der Waals surface area contributed by atoms with E-state index in [2.05, 4.69) is 25.2 Å². The predicted octanol–water partition coefficient (Wildman–Crippen LogP) is 2.45. The molecule has 0 aromatic rings. The average molecular weight is 208 g/mol. The second kappa shape index (κ2) is 5.53. The van der Waals surface area contributed by atoms with Crippen LogP contribution >= 0.6 is 0 Å². The lowest BCUT2D eigenvalue weighted by Gasteiger charge is -2.37. The first-order valence-corrected chi connectivity index (χ1v) is 5.98. The molecule has 0 bridgehead atoms. The number of nitrogens with two attached hydrogens (primary N) is 1. The molecule has 1 rings (SSSR count). The molecular weight excluding hydrogens is 184 g/mol. The summed E-state index contributed by atoms with van der Waals surface area (Å²) in [7, 11) is 0. The lowest BCUT2D eigenvalue weighted by molar-refractivity contribution is 0.158. The number of hydrogen-bond acceptors (Lipinski definition) is 2. The molecular formula is C13H24N2. The van der Waals surface area contributed by atoms with E-state index in [9.17, 15) is 0 Å². The van der Waals surface area contributed by atoms with E-state index in [0.717, 1.165) is 18.8 Å². The third-order valence-electron chi connectivity index (χ3n) is 3.77. The van der Waals surface area contributed by atoms with Gasteiger partial charge in [-0.15, -0.1) is 12.3 Å². The molecule has 1 fully saturated rings. The lowest BCUT2D eigenvalue weighted by Crippen LogP contribution is -2.42. The van der Waals surface area contributed by atoms with Gasteiger partial charge in [-0.05, 0) is 43.4 Å². The van der Waals surface area contributed by atoms with Crippen molar-refractivity contribution in [2.45, 2.75) is 58.4 Å². The summed E-state index contributed by atoms with van der Waals surface area (Å²) in [5.41, 5.74) is 3.47. The number of rotatable bonds is 4. The molecule has 86 valence electrons. The summed E-state index contributed by atoms with van der Waals surface area (Å²) >= 11 is 0. The summed E-state index contributed by atoms with van der Waals surface area (Å²) in [5, 5.41) is 0. The molecule has 1 aliphatic carbocycles. The smallest absolute Gasteiger partial charge is 0.0247 e. The van der Waals surface area contributed by atoms with Crippen LogP contribution in [-0.2, 0) is 0 Å². The van der Waals surface area contributed by atoms with Crippen molar-refractivity contribution in [3.05, 3.63) is 0 Å². The second-order valence-electron chi connectivity index (χ2n) is 5.52. The summed E-state index contributed by atoms with van der Waals surface area (Å²) in [6.07, 6.45) is 12.3. The van der Waals surface area contributed by atoms with E-state index in [1.54, 1.807) is 0 Å². The summed E-state index contributed by atoms with van der Waals surface area (Å²) in [4.78, 5) is 0. The van der Waals surface area contributed by atoms with Crippen molar-refractivity contribution in [1.29, 1.82) is 0 Å². The summed E-state index contributed by atoms with van der Waals surface area (Å²) in [6, 6.07) is 0.414. The molecule has 15 heavy (non-hydrogen) atoms. The third-order valence-corrected chi connectivity index (χ3v) is 3.77. The van der Waals surface area contributed by atoms with Crippen molar-refractivity contribution in [3.63, 3.8) is 0 Å². The van der Waals surface area contributed by atoms with Gasteiger partial charge in [0.1, 0.15) is 0 Å². The maximum absolute atomic E-state index is 5.59. The Bertz CT molecular complexity index is 217. The summed E-state index contributed by atoms with van der Waals surface area (Å²) < 4.78 is 0. The zero-order valence-corrected chi connectivity index (χ0v) is 10.1. The minimum atomic E-state index is 0.414. The summed E-state index contributed by atoms with van der Waals surface area (Å²) in [6.45, 7) is 4.71. The molecule has 1 unspecified atom stereocenters. The Kier molecular flexibility index (Phi) is 4.63. The Morgan fingerprint density at radius 2 is 2.07 bits per heavy atom. The highest BCUT2D eigenvalue weighted by Gasteiger charge is 2.30. The van der Waals surface area contributed by atoms with E-state index in [1.165, 1.54) is 25.7 Å². The average Bonchev–Trinajstić information content (AvgIpc) is 2.21. The van der Waals surface area contributed by atoms with Gasteiger partial charge < -0.3 is 0 Å². The quantitative estimate of drug-likeness (QED) is 0.423. The number of terminal acetylenes is 1. The first-order valence-electron chi connectivity index (χ1n) is 5.98. The molecule has 2 heteroatoms. The van der Waals surface area contributed by atoms with Crippen molar-refractivity contribution in [2.24, 2.45) is 17.2 Å². The molecule has 0 amide bonds. The summed E-state index contributed by atoms with van der Waals surface area (Å²) in [5.74, 6) is 9.00. The van der Waals surface area contributed by atoms with E-state index >= 15 is 0 Å². The highest BCUT2D eigenvalue weighted by Crippen LogP contribution is 2.39. The van der Waals surface area contributed by atoms with Gasteiger partial charge in [-0.3, -0.25) is 11.3 Å². The maximum atomic E-state index is 5.59. The van der Waals surface area contributed by atoms with Crippen LogP contribution < -0.4 is 11.3 Å². The number of hydrogen-bond donors (Lipinski definition) is 2. The SMILES string of the molecule is C#CCCC(NN)C1CCC(C)(C)CC1. The first kappa shape index (κ1) is 12.5. The number of hydrazine groups is 1. The monoisotopic (exact) mass is 208 g/mol. The molecule has 0 aromatic heterocycles. The lowest BCUT2D eigenvalue weighted by atomic mass is 9.70. The molecule has 0 aromatic carbocycles. The molecule has 0 heterocycles. The minimum absolute atomic E-state index is 0.414. The molecule has 0 saturated heterocycles. The Balaban J connectivity index is 2.40. The van der Waals surface area contributed by atoms with Crippen LogP contribution in [0.25, 0.3) is 0 Å². The fourth-order valence-corrected chi connectivity index (χ4v) is 2.52. The molecule has 1 atom stereocenters. The fourth-order valence-electron chi connectivity index (χ4n) is 2.52. The normalized spacial score (nSPS) is 23.3. The Labute approximate surface area is 94.0 Å². The fraction of sp³-hybridized carbons (Fsp3) is 0.846. The van der Waals surface area contributed by atoms with Gasteiger partial charge in [0.2, 0.25) is 0 Å². The van der Waals surface area contributed by atoms with E-state index < -0.39 is 0 Å². The van der Waals surface area contributed by atoms with Crippen LogP contribution in [0.15, 0.2) is 0 Å². The van der Waals surface area contributed by atoms with Gasteiger partial charge in [-0.1, -0.05) is 13.8 Å². The van der Waals surface area contributed by atoms with E-state index in [0.29, 0.717) is 11.5 Å². The van der Waals surface area contributed by atoms with E-state index in [4.69, 9.17) is 12.3 Å². The van der Waals surface area contributed by atoms with Gasteiger partial charge >= 0.3 is 0 Å². The van der Waals surface area contributed by atoms with Gasteiger partial charge in [-0.25, -0.2) is 0 Å².